The number of likely N-dealkylation sites (tertiary alicyclic amines) is 1. The normalized spacial score (nSPS) is 20.3. The highest BCUT2D eigenvalue weighted by molar-refractivity contribution is 5.95. The second kappa shape index (κ2) is 5.72. The summed E-state index contributed by atoms with van der Waals surface area (Å²) < 4.78 is 14.0. The van der Waals surface area contributed by atoms with Crippen LogP contribution in [0.15, 0.2) is 18.2 Å². The highest BCUT2D eigenvalue weighted by Gasteiger charge is 2.40. The van der Waals surface area contributed by atoms with Crippen molar-refractivity contribution in [3.8, 4) is 6.07 Å². The first kappa shape index (κ1) is 15.9. The molecule has 0 aliphatic carbocycles. The number of non-ortho nitro benzene ring substituents is 1. The average Bonchev–Trinajstić information content (AvgIpc) is 2.45. The maximum absolute atomic E-state index is 14.0. The van der Waals surface area contributed by atoms with Gasteiger partial charge in [-0.15, -0.1) is 0 Å². The molecule has 1 aromatic carbocycles. The number of nitriles is 1. The van der Waals surface area contributed by atoms with E-state index < -0.39 is 28.4 Å². The summed E-state index contributed by atoms with van der Waals surface area (Å²) in [5.41, 5.74) is -1.03. The molecule has 0 aromatic heterocycles. The van der Waals surface area contributed by atoms with Gasteiger partial charge in [0.2, 0.25) is 0 Å². The fraction of sp³-hybridized carbons (Fsp3) is 0.467. The fourth-order valence-electron chi connectivity index (χ4n) is 2.80. The molecule has 0 N–H and O–H groups in total. The van der Waals surface area contributed by atoms with Crippen molar-refractivity contribution in [2.75, 3.05) is 6.54 Å². The van der Waals surface area contributed by atoms with Crippen LogP contribution in [0.3, 0.4) is 0 Å². The van der Waals surface area contributed by atoms with Gasteiger partial charge in [-0.3, -0.25) is 14.9 Å². The van der Waals surface area contributed by atoms with E-state index in [0.717, 1.165) is 31.0 Å². The van der Waals surface area contributed by atoms with E-state index in [-0.39, 0.29) is 11.0 Å². The first-order valence-corrected chi connectivity index (χ1v) is 6.92. The number of hydrogen-bond acceptors (Lipinski definition) is 4. The Hall–Kier alpha value is -2.49. The van der Waals surface area contributed by atoms with Gasteiger partial charge in [-0.25, -0.2) is 4.39 Å². The zero-order valence-corrected chi connectivity index (χ0v) is 12.4. The molecule has 1 unspecified atom stereocenters. The Morgan fingerprint density at radius 2 is 2.23 bits per heavy atom. The molecule has 1 aromatic rings. The molecule has 116 valence electrons. The van der Waals surface area contributed by atoms with Crippen molar-refractivity contribution in [1.82, 2.24) is 4.90 Å². The molecule has 1 atom stereocenters. The van der Waals surface area contributed by atoms with Crippen LogP contribution in [0.2, 0.25) is 0 Å². The van der Waals surface area contributed by atoms with Crippen LogP contribution in [0.4, 0.5) is 10.1 Å². The lowest BCUT2D eigenvalue weighted by atomic mass is 9.77. The number of halogens is 1. The first-order chi connectivity index (χ1) is 10.3. The molecular weight excluding hydrogens is 289 g/mol. The Labute approximate surface area is 127 Å². The number of piperidine rings is 1. The van der Waals surface area contributed by atoms with Gasteiger partial charge in [0.15, 0.2) is 0 Å². The number of carbonyl (C=O) groups is 1. The lowest BCUT2D eigenvalue weighted by Gasteiger charge is -2.42. The second-order valence-electron chi connectivity index (χ2n) is 6.04. The highest BCUT2D eigenvalue weighted by atomic mass is 19.1. The van der Waals surface area contributed by atoms with E-state index in [1.165, 1.54) is 4.90 Å². The second-order valence-corrected chi connectivity index (χ2v) is 6.04. The summed E-state index contributed by atoms with van der Waals surface area (Å²) in [5, 5.41) is 20.0. The molecule has 1 aliphatic rings. The van der Waals surface area contributed by atoms with Crippen molar-refractivity contribution < 1.29 is 14.1 Å². The van der Waals surface area contributed by atoms with Crippen LogP contribution >= 0.6 is 0 Å². The molecule has 6 nitrogen and oxygen atoms in total. The van der Waals surface area contributed by atoms with E-state index in [1.807, 2.05) is 13.8 Å². The monoisotopic (exact) mass is 305 g/mol. The van der Waals surface area contributed by atoms with Crippen molar-refractivity contribution in [3.63, 3.8) is 0 Å². The third-order valence-corrected chi connectivity index (χ3v) is 4.05. The molecule has 2 rings (SSSR count). The average molecular weight is 305 g/mol. The molecular formula is C15H16FN3O3. The van der Waals surface area contributed by atoms with Crippen molar-refractivity contribution in [1.29, 1.82) is 5.26 Å². The third kappa shape index (κ3) is 2.77. The van der Waals surface area contributed by atoms with Gasteiger partial charge in [-0.2, -0.15) is 5.26 Å². The summed E-state index contributed by atoms with van der Waals surface area (Å²) >= 11 is 0. The number of carbonyl (C=O) groups excluding carboxylic acids is 1. The summed E-state index contributed by atoms with van der Waals surface area (Å²) in [7, 11) is 0. The molecule has 0 radical (unpaired) electrons. The Morgan fingerprint density at radius 1 is 1.55 bits per heavy atom. The minimum atomic E-state index is -0.945. The lowest BCUT2D eigenvalue weighted by molar-refractivity contribution is -0.385. The summed E-state index contributed by atoms with van der Waals surface area (Å²) in [4.78, 5) is 23.8. The molecule has 1 aliphatic heterocycles. The number of amides is 1. The maximum atomic E-state index is 14.0. The standard InChI is InChI=1S/C15H16FN3O3/c1-15(2)6-3-7-18(13(15)9-17)14(20)11-5-4-10(19(21)22)8-12(11)16/h4-5,8,13H,3,6-7H2,1-2H3. The van der Waals surface area contributed by atoms with Gasteiger partial charge in [0, 0.05) is 12.6 Å². The predicted molar refractivity (Wildman–Crippen MR) is 76.5 cm³/mol. The van der Waals surface area contributed by atoms with Crippen LogP contribution < -0.4 is 0 Å². The molecule has 0 saturated carbocycles. The van der Waals surface area contributed by atoms with Crippen molar-refractivity contribution >= 4 is 11.6 Å². The third-order valence-electron chi connectivity index (χ3n) is 4.05. The molecule has 22 heavy (non-hydrogen) atoms. The van der Waals surface area contributed by atoms with Crippen molar-refractivity contribution in [2.45, 2.75) is 32.7 Å². The van der Waals surface area contributed by atoms with Gasteiger partial charge in [0.25, 0.3) is 11.6 Å². The van der Waals surface area contributed by atoms with E-state index >= 15 is 0 Å². The molecule has 1 saturated heterocycles. The van der Waals surface area contributed by atoms with E-state index in [9.17, 15) is 24.6 Å². The Balaban J connectivity index is 2.35. The van der Waals surface area contributed by atoms with Crippen LogP contribution in [0.5, 0.6) is 0 Å². The highest BCUT2D eigenvalue weighted by Crippen LogP contribution is 2.35. The Kier molecular flexibility index (Phi) is 4.13. The van der Waals surface area contributed by atoms with Crippen LogP contribution in [-0.2, 0) is 0 Å². The van der Waals surface area contributed by atoms with E-state index in [4.69, 9.17) is 0 Å². The first-order valence-electron chi connectivity index (χ1n) is 6.92. The number of hydrogen-bond donors (Lipinski definition) is 0. The van der Waals surface area contributed by atoms with E-state index in [2.05, 4.69) is 6.07 Å². The van der Waals surface area contributed by atoms with Gasteiger partial charge in [-0.1, -0.05) is 13.8 Å². The van der Waals surface area contributed by atoms with Crippen LogP contribution in [0, 0.1) is 32.7 Å². The van der Waals surface area contributed by atoms with Gasteiger partial charge in [0.1, 0.15) is 11.9 Å². The molecule has 0 spiro atoms. The SMILES string of the molecule is CC1(C)CCCN(C(=O)c2ccc([N+](=O)[O-])cc2F)C1C#N. The van der Waals surface area contributed by atoms with Gasteiger partial charge in [0.05, 0.1) is 22.6 Å². The Morgan fingerprint density at radius 3 is 2.77 bits per heavy atom. The van der Waals surface area contributed by atoms with Crippen LogP contribution in [0.1, 0.15) is 37.0 Å². The minimum Gasteiger partial charge on any atom is -0.322 e. The number of rotatable bonds is 2. The number of benzene rings is 1. The molecule has 1 fully saturated rings. The van der Waals surface area contributed by atoms with E-state index in [1.54, 1.807) is 0 Å². The molecule has 0 bridgehead atoms. The zero-order valence-electron chi connectivity index (χ0n) is 12.4. The summed E-state index contributed by atoms with van der Waals surface area (Å²) in [5.74, 6) is -1.55. The van der Waals surface area contributed by atoms with Gasteiger partial charge < -0.3 is 4.90 Å². The van der Waals surface area contributed by atoms with Gasteiger partial charge >= 0.3 is 0 Å². The smallest absolute Gasteiger partial charge is 0.272 e. The summed E-state index contributed by atoms with van der Waals surface area (Å²) in [6.07, 6.45) is 1.53. The van der Waals surface area contributed by atoms with Gasteiger partial charge in [-0.05, 0) is 24.3 Å². The Bertz CT molecular complexity index is 666. The molecule has 1 heterocycles. The minimum absolute atomic E-state index is 0.247. The molecule has 7 heteroatoms. The van der Waals surface area contributed by atoms with Crippen molar-refractivity contribution in [2.24, 2.45) is 5.41 Å². The number of nitro groups is 1. The van der Waals surface area contributed by atoms with Crippen molar-refractivity contribution in [3.05, 3.63) is 39.7 Å². The summed E-state index contributed by atoms with van der Waals surface area (Å²) in [6, 6.07) is 4.39. The maximum Gasteiger partial charge on any atom is 0.272 e. The van der Waals surface area contributed by atoms with Crippen LogP contribution in [0.25, 0.3) is 0 Å². The zero-order chi connectivity index (χ0) is 16.5. The topological polar surface area (TPSA) is 87.2 Å². The van der Waals surface area contributed by atoms with E-state index in [0.29, 0.717) is 6.54 Å². The molecule has 1 amide bonds. The quantitative estimate of drug-likeness (QED) is 0.621. The number of nitrogens with zero attached hydrogens (tertiary/aromatic N) is 3. The predicted octanol–water partition coefficient (Wildman–Crippen LogP) is 2.89. The van der Waals surface area contributed by atoms with Crippen LogP contribution in [-0.4, -0.2) is 28.3 Å². The fourth-order valence-corrected chi connectivity index (χ4v) is 2.80. The largest absolute Gasteiger partial charge is 0.322 e. The lowest BCUT2D eigenvalue weighted by Crippen LogP contribution is -2.51. The summed E-state index contributed by atoms with van der Waals surface area (Å²) in [6.45, 7) is 4.16. The number of nitro benzene ring substituents is 1.